The maximum absolute atomic E-state index is 8.61. The van der Waals surface area contributed by atoms with Gasteiger partial charge in [0.2, 0.25) is 0 Å². The normalized spacial score (nSPS) is 10.7. The van der Waals surface area contributed by atoms with Gasteiger partial charge < -0.3 is 19.2 Å². The van der Waals surface area contributed by atoms with Crippen molar-refractivity contribution < 1.29 is 35.3 Å². The molecule has 0 aromatic carbocycles. The summed E-state index contributed by atoms with van der Waals surface area (Å²) >= 11 is -5.88. The zero-order valence-electron chi connectivity index (χ0n) is 4.87. The molecule has 64 valence electrons. The van der Waals surface area contributed by atoms with Gasteiger partial charge in [-0.3, -0.25) is 0 Å². The van der Waals surface area contributed by atoms with Gasteiger partial charge >= 0.3 is 68.3 Å². The number of phosphoric acid groups is 1. The summed E-state index contributed by atoms with van der Waals surface area (Å²) in [5, 5.41) is 0. The molecule has 0 N–H and O–H groups in total. The van der Waals surface area contributed by atoms with Crippen molar-refractivity contribution in [3.05, 3.63) is 0 Å². The van der Waals surface area contributed by atoms with Crippen LogP contribution in [0.15, 0.2) is 0 Å². The largest absolute Gasteiger partial charge is 2.00 e. The molecule has 0 radical (unpaired) electrons. The first kappa shape index (κ1) is 18.4. The van der Waals surface area contributed by atoms with Crippen molar-refractivity contribution in [2.75, 3.05) is 0 Å². The van der Waals surface area contributed by atoms with Crippen LogP contribution in [0.3, 0.4) is 0 Å². The Morgan fingerprint density at radius 3 is 1.00 bits per heavy atom. The zero-order chi connectivity index (χ0) is 9.00. The SMILES string of the molecule is O=P([O-])([O-])[O-].O=[As]([O-])([O-])[O-].[Ca+2]. The monoisotopic (exact) mass is 274 g/mol. The van der Waals surface area contributed by atoms with Gasteiger partial charge in [-0.2, -0.15) is 7.82 Å². The van der Waals surface area contributed by atoms with Crippen LogP contribution in [0.1, 0.15) is 0 Å². The van der Waals surface area contributed by atoms with E-state index in [-0.39, 0.29) is 37.7 Å². The summed E-state index contributed by atoms with van der Waals surface area (Å²) in [6.07, 6.45) is 0. The molecule has 0 amide bonds. The number of hydrogen-bond acceptors (Lipinski definition) is 8. The van der Waals surface area contributed by atoms with Gasteiger partial charge in [0.15, 0.2) is 0 Å². The fraction of sp³-hybridized carbons (Fsp3) is 0. The maximum Gasteiger partial charge on any atom is 2.00 e. The van der Waals surface area contributed by atoms with Crippen molar-refractivity contribution in [2.24, 2.45) is 0 Å². The van der Waals surface area contributed by atoms with Crippen LogP contribution in [0.25, 0.3) is 0 Å². The van der Waals surface area contributed by atoms with E-state index in [0.717, 1.165) is 0 Å². The molecule has 0 atom stereocenters. The topological polar surface area (TPSA) is 172 Å². The van der Waals surface area contributed by atoms with E-state index >= 15 is 0 Å². The van der Waals surface area contributed by atoms with Crippen LogP contribution in [0.5, 0.6) is 0 Å². The summed E-state index contributed by atoms with van der Waals surface area (Å²) in [7, 11) is -5.39. The average Bonchev–Trinajstić information content (AvgIpc) is 1.12. The van der Waals surface area contributed by atoms with Crippen LogP contribution in [0.2, 0.25) is 0 Å². The van der Waals surface area contributed by atoms with Gasteiger partial charge in [0.05, 0.1) is 0 Å². The Morgan fingerprint density at radius 2 is 1.00 bits per heavy atom. The van der Waals surface area contributed by atoms with Gasteiger partial charge in [0.25, 0.3) is 0 Å². The molecule has 0 fully saturated rings. The van der Waals surface area contributed by atoms with E-state index in [2.05, 4.69) is 0 Å². The van der Waals surface area contributed by atoms with E-state index in [4.69, 9.17) is 35.3 Å². The summed E-state index contributed by atoms with van der Waals surface area (Å²) < 4.78 is 43.0. The fourth-order valence-corrected chi connectivity index (χ4v) is 0. The first-order chi connectivity index (χ1) is 4.00. The third-order valence-electron chi connectivity index (χ3n) is 0. The second-order valence-electron chi connectivity index (χ2n) is 0.894. The molecule has 0 bridgehead atoms. The van der Waals surface area contributed by atoms with Crippen LogP contribution in [-0.4, -0.2) is 52.3 Å². The molecule has 0 rings (SSSR count). The van der Waals surface area contributed by atoms with Gasteiger partial charge in [-0.15, -0.1) is 0 Å². The molecular weight excluding hydrogens is 274 g/mol. The molecule has 0 heterocycles. The molecule has 0 saturated heterocycles. The van der Waals surface area contributed by atoms with Gasteiger partial charge in [-0.1, -0.05) is 0 Å². The molecule has 8 nitrogen and oxygen atoms in total. The van der Waals surface area contributed by atoms with Crippen LogP contribution in [0.4, 0.5) is 0 Å². The van der Waals surface area contributed by atoms with Crippen LogP contribution in [-0.2, 0) is 8.30 Å². The van der Waals surface area contributed by atoms with Crippen molar-refractivity contribution >= 4 is 60.1 Å². The van der Waals surface area contributed by atoms with E-state index in [1.807, 2.05) is 0 Å². The zero-order valence-corrected chi connectivity index (χ0v) is 9.85. The Hall–Kier alpha value is 1.61. The summed E-state index contributed by atoms with van der Waals surface area (Å²) in [5.74, 6) is 0. The van der Waals surface area contributed by atoms with Crippen LogP contribution < -0.4 is 27.0 Å². The molecule has 0 aliphatic rings. The second kappa shape index (κ2) is 7.05. The molecule has 11 heteroatoms. The van der Waals surface area contributed by atoms with Crippen molar-refractivity contribution in [2.45, 2.75) is 0 Å². The Balaban J connectivity index is -0.000000107. The van der Waals surface area contributed by atoms with E-state index in [1.165, 1.54) is 0 Å². The summed E-state index contributed by atoms with van der Waals surface area (Å²) in [5.41, 5.74) is 0. The predicted octanol–water partition coefficient (Wildman–Crippen LogP) is -7.27. The first-order valence-electron chi connectivity index (χ1n) is 1.46. The third-order valence-corrected chi connectivity index (χ3v) is 0. The van der Waals surface area contributed by atoms with Gasteiger partial charge in [-0.25, -0.2) is 0 Å². The molecular formula is AsCaO8P-4. The van der Waals surface area contributed by atoms with Gasteiger partial charge in [0, 0.05) is 0 Å². The Morgan fingerprint density at radius 1 is 1.00 bits per heavy atom. The third kappa shape index (κ3) is 414. The molecule has 11 heavy (non-hydrogen) atoms. The fourth-order valence-electron chi connectivity index (χ4n) is 0. The van der Waals surface area contributed by atoms with E-state index in [9.17, 15) is 0 Å². The van der Waals surface area contributed by atoms with Crippen molar-refractivity contribution in [3.63, 3.8) is 0 Å². The van der Waals surface area contributed by atoms with Crippen molar-refractivity contribution in [1.82, 2.24) is 0 Å². The van der Waals surface area contributed by atoms with E-state index in [0.29, 0.717) is 0 Å². The molecule has 0 unspecified atom stereocenters. The number of rotatable bonds is 0. The van der Waals surface area contributed by atoms with Gasteiger partial charge in [-0.05, 0) is 0 Å². The summed E-state index contributed by atoms with van der Waals surface area (Å²) in [6, 6.07) is 0. The standard InChI is InChI=1S/AsH3O4.Ca.H3O4P/c2-1(3,4)5;;1-5(2,3)4/h(H3,2,3,4,5);;(H3,1,2,3,4)/q;+2;/p-6. The number of hydrogen-bond donors (Lipinski definition) is 0. The van der Waals surface area contributed by atoms with Crippen LogP contribution in [0, 0.1) is 0 Å². The molecule has 0 aliphatic carbocycles. The van der Waals surface area contributed by atoms with Crippen LogP contribution >= 0.6 is 7.82 Å². The van der Waals surface area contributed by atoms with Crippen molar-refractivity contribution in [1.29, 1.82) is 0 Å². The summed E-state index contributed by atoms with van der Waals surface area (Å²) in [4.78, 5) is 25.6. The first-order valence-corrected chi connectivity index (χ1v) is 5.99. The minimum absolute atomic E-state index is 0. The quantitative estimate of drug-likeness (QED) is 0.309. The minimum Gasteiger partial charge on any atom is 2.00 e. The van der Waals surface area contributed by atoms with Crippen molar-refractivity contribution in [3.8, 4) is 0 Å². The Kier molecular flexibility index (Phi) is 11.8. The molecule has 0 aliphatic heterocycles. The minimum atomic E-state index is -5.88. The molecule has 0 aromatic heterocycles. The summed E-state index contributed by atoms with van der Waals surface area (Å²) in [6.45, 7) is 0. The second-order valence-corrected chi connectivity index (χ2v) is 3.67. The Labute approximate surface area is 94.5 Å². The average molecular weight is 274 g/mol. The Bertz CT molecular complexity index is 126. The van der Waals surface area contributed by atoms with Gasteiger partial charge in [0.1, 0.15) is 0 Å². The molecule has 0 saturated carbocycles. The smallest absolute Gasteiger partial charge is 2.00 e. The molecule has 0 aromatic rings. The molecule has 0 spiro atoms. The van der Waals surface area contributed by atoms with E-state index < -0.39 is 22.3 Å². The van der Waals surface area contributed by atoms with E-state index in [1.54, 1.807) is 0 Å². The maximum atomic E-state index is 8.61. The predicted molar refractivity (Wildman–Crippen MR) is 19.8 cm³/mol.